The van der Waals surface area contributed by atoms with E-state index < -0.39 is 0 Å². The average molecular weight is 378 g/mol. The van der Waals surface area contributed by atoms with E-state index >= 15 is 0 Å². The molecule has 0 unspecified atom stereocenters. The highest BCUT2D eigenvalue weighted by Gasteiger charge is 2.57. The number of ether oxygens (including phenoxy) is 1. The minimum absolute atomic E-state index is 0.144. The molecule has 0 radical (unpaired) electrons. The molecule has 8 heteroatoms. The summed E-state index contributed by atoms with van der Waals surface area (Å²) in [6.07, 6.45) is 7.34. The molecule has 1 aromatic carbocycles. The number of nitrogens with two attached hydrogens (primary N) is 1. The van der Waals surface area contributed by atoms with Crippen LogP contribution in [-0.4, -0.2) is 31.4 Å². The fourth-order valence-electron chi connectivity index (χ4n) is 4.82. The van der Waals surface area contributed by atoms with Gasteiger partial charge in [0.05, 0.1) is 17.1 Å². The Hall–Kier alpha value is -3.16. The van der Waals surface area contributed by atoms with Gasteiger partial charge in [-0.05, 0) is 37.7 Å². The molecule has 0 atom stereocenters. The number of benzene rings is 1. The predicted molar refractivity (Wildman–Crippen MR) is 103 cm³/mol. The van der Waals surface area contributed by atoms with E-state index in [0.29, 0.717) is 5.82 Å². The van der Waals surface area contributed by atoms with Crippen LogP contribution in [0.15, 0.2) is 42.9 Å². The van der Waals surface area contributed by atoms with Crippen molar-refractivity contribution in [1.82, 2.24) is 25.1 Å². The SMILES string of the molecule is Nc1ncnc2c1cnn2C12CCC(NC(=O)OCc3ccccc3)(CC1)C2. The summed E-state index contributed by atoms with van der Waals surface area (Å²) in [7, 11) is 0. The van der Waals surface area contributed by atoms with Gasteiger partial charge in [-0.25, -0.2) is 19.4 Å². The Balaban J connectivity index is 1.31. The summed E-state index contributed by atoms with van der Waals surface area (Å²) in [5.41, 5.74) is 7.31. The van der Waals surface area contributed by atoms with Crippen molar-refractivity contribution < 1.29 is 9.53 Å². The molecule has 8 nitrogen and oxygen atoms in total. The summed E-state index contributed by atoms with van der Waals surface area (Å²) in [5, 5.41) is 8.50. The van der Waals surface area contributed by atoms with Gasteiger partial charge < -0.3 is 15.8 Å². The van der Waals surface area contributed by atoms with Crippen molar-refractivity contribution in [3.8, 4) is 0 Å². The molecule has 3 aromatic rings. The lowest BCUT2D eigenvalue weighted by atomic mass is 9.91. The normalized spacial score (nSPS) is 25.9. The first-order valence-corrected chi connectivity index (χ1v) is 9.53. The number of aromatic nitrogens is 4. The van der Waals surface area contributed by atoms with E-state index in [4.69, 9.17) is 10.5 Å². The maximum atomic E-state index is 12.4. The van der Waals surface area contributed by atoms with E-state index in [0.717, 1.165) is 48.7 Å². The monoisotopic (exact) mass is 378 g/mol. The standard InChI is InChI=1S/C20H22N6O2/c21-16-15-10-24-26(17(15)23-13-22-16)20-8-6-19(12-20,7-9-20)25-18(27)28-11-14-4-2-1-3-5-14/h1-5,10,13H,6-9,11-12H2,(H,25,27)(H2,21,22,23). The second kappa shape index (κ2) is 6.19. The molecular weight excluding hydrogens is 356 g/mol. The molecule has 0 saturated heterocycles. The van der Waals surface area contributed by atoms with Crippen LogP contribution in [0, 0.1) is 0 Å². The van der Waals surface area contributed by atoms with E-state index in [9.17, 15) is 4.79 Å². The number of hydrogen-bond acceptors (Lipinski definition) is 6. The van der Waals surface area contributed by atoms with Gasteiger partial charge in [0, 0.05) is 5.54 Å². The number of amides is 1. The van der Waals surface area contributed by atoms with Crippen LogP contribution in [0.5, 0.6) is 0 Å². The maximum absolute atomic E-state index is 12.4. The Morgan fingerprint density at radius 1 is 1.18 bits per heavy atom. The molecule has 2 aliphatic carbocycles. The highest BCUT2D eigenvalue weighted by atomic mass is 16.5. The third-order valence-electron chi connectivity index (χ3n) is 6.23. The molecule has 144 valence electrons. The van der Waals surface area contributed by atoms with Gasteiger partial charge in [0.25, 0.3) is 0 Å². The molecule has 0 spiro atoms. The summed E-state index contributed by atoms with van der Waals surface area (Å²) < 4.78 is 7.43. The van der Waals surface area contributed by atoms with Gasteiger partial charge >= 0.3 is 6.09 Å². The van der Waals surface area contributed by atoms with Crippen molar-refractivity contribution in [2.75, 3.05) is 5.73 Å². The Labute approximate surface area is 162 Å². The number of carbonyl (C=O) groups is 1. The van der Waals surface area contributed by atoms with Crippen LogP contribution < -0.4 is 11.1 Å². The second-order valence-corrected chi connectivity index (χ2v) is 7.92. The van der Waals surface area contributed by atoms with Crippen molar-refractivity contribution in [3.05, 3.63) is 48.4 Å². The Kier molecular flexibility index (Phi) is 3.75. The predicted octanol–water partition coefficient (Wildman–Crippen LogP) is 2.75. The summed E-state index contributed by atoms with van der Waals surface area (Å²) in [5.74, 6) is 0.442. The van der Waals surface area contributed by atoms with Gasteiger partial charge in [-0.1, -0.05) is 30.3 Å². The van der Waals surface area contributed by atoms with Crippen LogP contribution in [0.25, 0.3) is 11.0 Å². The maximum Gasteiger partial charge on any atom is 0.407 e. The molecular formula is C20H22N6O2. The van der Waals surface area contributed by atoms with Crippen LogP contribution in [0.3, 0.4) is 0 Å². The quantitative estimate of drug-likeness (QED) is 0.723. The van der Waals surface area contributed by atoms with Crippen LogP contribution in [-0.2, 0) is 16.9 Å². The van der Waals surface area contributed by atoms with E-state index in [-0.39, 0.29) is 23.8 Å². The van der Waals surface area contributed by atoms with Gasteiger partial charge in [0.2, 0.25) is 0 Å². The first-order valence-electron chi connectivity index (χ1n) is 9.53. The molecule has 2 bridgehead atoms. The third kappa shape index (κ3) is 2.67. The van der Waals surface area contributed by atoms with E-state index in [1.807, 2.05) is 35.0 Å². The zero-order valence-corrected chi connectivity index (χ0v) is 15.5. The minimum Gasteiger partial charge on any atom is -0.445 e. The van der Waals surface area contributed by atoms with E-state index in [2.05, 4.69) is 20.4 Å². The molecule has 5 rings (SSSR count). The zero-order valence-electron chi connectivity index (χ0n) is 15.5. The average Bonchev–Trinajstić information content (AvgIpc) is 3.40. The lowest BCUT2D eigenvalue weighted by Crippen LogP contribution is -2.45. The number of rotatable bonds is 4. The number of fused-ring (bicyclic) bond motifs is 3. The minimum atomic E-state index is -0.363. The van der Waals surface area contributed by atoms with Crippen molar-refractivity contribution in [1.29, 1.82) is 0 Å². The fraction of sp³-hybridized carbons (Fsp3) is 0.400. The van der Waals surface area contributed by atoms with Gasteiger partial charge in [0.1, 0.15) is 18.8 Å². The molecule has 1 amide bonds. The number of carbonyl (C=O) groups excluding carboxylic acids is 1. The van der Waals surface area contributed by atoms with E-state index in [1.165, 1.54) is 6.33 Å². The number of nitrogens with one attached hydrogen (secondary N) is 1. The number of nitrogen functional groups attached to an aromatic ring is 1. The molecule has 2 heterocycles. The molecule has 3 N–H and O–H groups in total. The second-order valence-electron chi connectivity index (χ2n) is 7.92. The number of hydrogen-bond donors (Lipinski definition) is 2. The molecule has 2 saturated carbocycles. The fourth-order valence-corrected chi connectivity index (χ4v) is 4.82. The smallest absolute Gasteiger partial charge is 0.407 e. The van der Waals surface area contributed by atoms with Crippen LogP contribution >= 0.6 is 0 Å². The summed E-state index contributed by atoms with van der Waals surface area (Å²) in [4.78, 5) is 20.9. The van der Waals surface area contributed by atoms with Crippen molar-refractivity contribution in [3.63, 3.8) is 0 Å². The Morgan fingerprint density at radius 3 is 2.75 bits per heavy atom. The molecule has 2 aliphatic rings. The van der Waals surface area contributed by atoms with Crippen LogP contribution in [0.2, 0.25) is 0 Å². The van der Waals surface area contributed by atoms with Crippen LogP contribution in [0.4, 0.5) is 10.6 Å². The molecule has 2 aromatic heterocycles. The van der Waals surface area contributed by atoms with E-state index in [1.54, 1.807) is 6.20 Å². The number of nitrogens with zero attached hydrogens (tertiary/aromatic N) is 4. The first-order chi connectivity index (χ1) is 13.6. The largest absolute Gasteiger partial charge is 0.445 e. The van der Waals surface area contributed by atoms with Crippen molar-refractivity contribution >= 4 is 22.9 Å². The zero-order chi connectivity index (χ0) is 19.2. The Morgan fingerprint density at radius 2 is 1.96 bits per heavy atom. The summed E-state index contributed by atoms with van der Waals surface area (Å²) in [6, 6.07) is 9.69. The molecule has 2 fully saturated rings. The molecule has 0 aliphatic heterocycles. The highest BCUT2D eigenvalue weighted by molar-refractivity contribution is 5.84. The van der Waals surface area contributed by atoms with Gasteiger partial charge in [-0.2, -0.15) is 5.10 Å². The van der Waals surface area contributed by atoms with Crippen molar-refractivity contribution in [2.45, 2.75) is 49.8 Å². The summed E-state index contributed by atoms with van der Waals surface area (Å²) >= 11 is 0. The Bertz CT molecular complexity index is 1020. The van der Waals surface area contributed by atoms with Crippen LogP contribution in [0.1, 0.15) is 37.7 Å². The number of anilines is 1. The van der Waals surface area contributed by atoms with Crippen molar-refractivity contribution in [2.24, 2.45) is 0 Å². The lowest BCUT2D eigenvalue weighted by Gasteiger charge is -2.28. The van der Waals surface area contributed by atoms with Gasteiger partial charge in [-0.15, -0.1) is 0 Å². The molecule has 28 heavy (non-hydrogen) atoms. The highest BCUT2D eigenvalue weighted by Crippen LogP contribution is 2.55. The first kappa shape index (κ1) is 17.0. The summed E-state index contributed by atoms with van der Waals surface area (Å²) in [6.45, 7) is 0.272. The topological polar surface area (TPSA) is 108 Å². The number of alkyl carbamates (subject to hydrolysis) is 1. The lowest BCUT2D eigenvalue weighted by molar-refractivity contribution is 0.126. The van der Waals surface area contributed by atoms with Gasteiger partial charge in [0.15, 0.2) is 5.65 Å². The third-order valence-corrected chi connectivity index (χ3v) is 6.23. The van der Waals surface area contributed by atoms with Gasteiger partial charge in [-0.3, -0.25) is 0 Å².